The summed E-state index contributed by atoms with van der Waals surface area (Å²) >= 11 is 0. The second-order valence-corrected chi connectivity index (χ2v) is 4.08. The van der Waals surface area contributed by atoms with Gasteiger partial charge in [0.1, 0.15) is 6.33 Å². The van der Waals surface area contributed by atoms with Crippen LogP contribution in [-0.2, 0) is 6.54 Å². The van der Waals surface area contributed by atoms with Gasteiger partial charge in [-0.05, 0) is 6.42 Å². The van der Waals surface area contributed by atoms with Gasteiger partial charge in [0, 0.05) is 6.54 Å². The largest absolute Gasteiger partial charge is 0.409 e. The van der Waals surface area contributed by atoms with Gasteiger partial charge in [-0.25, -0.2) is 4.98 Å². The molecule has 1 aromatic heterocycles. The first kappa shape index (κ1) is 13.5. The molecule has 6 nitrogen and oxygen atoms in total. The Labute approximate surface area is 102 Å². The Morgan fingerprint density at radius 3 is 2.76 bits per heavy atom. The zero-order valence-electron chi connectivity index (χ0n) is 10.3. The fraction of sp³-hybridized carbons (Fsp3) is 0.727. The molecule has 0 aliphatic carbocycles. The number of amidine groups is 1. The number of unbranched alkanes of at least 4 members (excludes halogenated alkanes) is 5. The van der Waals surface area contributed by atoms with Gasteiger partial charge in [0.05, 0.1) is 0 Å². The maximum atomic E-state index is 8.47. The summed E-state index contributed by atoms with van der Waals surface area (Å²) in [7, 11) is 0. The highest BCUT2D eigenvalue weighted by Crippen LogP contribution is 2.05. The molecule has 0 bridgehead atoms. The summed E-state index contributed by atoms with van der Waals surface area (Å²) in [5, 5.41) is 15.4. The first-order valence-corrected chi connectivity index (χ1v) is 6.15. The second kappa shape index (κ2) is 7.65. The summed E-state index contributed by atoms with van der Waals surface area (Å²) < 4.78 is 1.73. The molecular weight excluding hydrogens is 218 g/mol. The molecule has 0 aliphatic rings. The third kappa shape index (κ3) is 4.84. The topological polar surface area (TPSA) is 89.3 Å². The van der Waals surface area contributed by atoms with Crippen molar-refractivity contribution in [3.8, 4) is 0 Å². The van der Waals surface area contributed by atoms with Gasteiger partial charge < -0.3 is 10.9 Å². The van der Waals surface area contributed by atoms with Gasteiger partial charge in [-0.2, -0.15) is 0 Å². The van der Waals surface area contributed by atoms with Crippen molar-refractivity contribution in [2.45, 2.75) is 52.0 Å². The Kier molecular flexibility index (Phi) is 6.06. The number of nitrogens with zero attached hydrogens (tertiary/aromatic N) is 4. The molecule has 0 saturated heterocycles. The van der Waals surface area contributed by atoms with E-state index in [2.05, 4.69) is 22.2 Å². The van der Waals surface area contributed by atoms with E-state index >= 15 is 0 Å². The number of aryl methyl sites for hydroxylation is 1. The van der Waals surface area contributed by atoms with Crippen LogP contribution in [0, 0.1) is 0 Å². The van der Waals surface area contributed by atoms with Crippen LogP contribution in [0.4, 0.5) is 0 Å². The maximum absolute atomic E-state index is 8.47. The Morgan fingerprint density at radius 1 is 1.35 bits per heavy atom. The van der Waals surface area contributed by atoms with Crippen LogP contribution in [0.2, 0.25) is 0 Å². The van der Waals surface area contributed by atoms with Gasteiger partial charge in [-0.15, -0.1) is 5.10 Å². The molecule has 6 heteroatoms. The maximum Gasteiger partial charge on any atom is 0.219 e. The highest BCUT2D eigenvalue weighted by molar-refractivity contribution is 5.93. The zero-order chi connectivity index (χ0) is 12.5. The number of hydrogen-bond acceptors (Lipinski definition) is 4. The van der Waals surface area contributed by atoms with Crippen molar-refractivity contribution in [2.75, 3.05) is 0 Å². The van der Waals surface area contributed by atoms with Crippen molar-refractivity contribution in [3.63, 3.8) is 0 Å². The minimum absolute atomic E-state index is 0.0494. The molecule has 1 aromatic rings. The Morgan fingerprint density at radius 2 is 2.06 bits per heavy atom. The highest BCUT2D eigenvalue weighted by Gasteiger charge is 2.05. The smallest absolute Gasteiger partial charge is 0.219 e. The molecular formula is C11H21N5O. The number of rotatable bonds is 8. The van der Waals surface area contributed by atoms with Crippen LogP contribution in [0.3, 0.4) is 0 Å². The molecule has 96 valence electrons. The molecule has 0 fully saturated rings. The van der Waals surface area contributed by atoms with Gasteiger partial charge in [0.25, 0.3) is 0 Å². The predicted molar refractivity (Wildman–Crippen MR) is 65.9 cm³/mol. The van der Waals surface area contributed by atoms with Crippen molar-refractivity contribution in [1.29, 1.82) is 0 Å². The van der Waals surface area contributed by atoms with E-state index in [1.807, 2.05) is 0 Å². The normalized spacial score (nSPS) is 11.9. The molecule has 0 aliphatic heterocycles. The van der Waals surface area contributed by atoms with E-state index in [0.717, 1.165) is 13.0 Å². The van der Waals surface area contributed by atoms with Crippen LogP contribution < -0.4 is 5.73 Å². The van der Waals surface area contributed by atoms with Crippen molar-refractivity contribution >= 4 is 5.84 Å². The van der Waals surface area contributed by atoms with Gasteiger partial charge in [-0.3, -0.25) is 4.68 Å². The highest BCUT2D eigenvalue weighted by atomic mass is 16.4. The molecule has 0 radical (unpaired) electrons. The lowest BCUT2D eigenvalue weighted by Gasteiger charge is -2.00. The molecule has 0 aromatic carbocycles. The third-order valence-electron chi connectivity index (χ3n) is 2.61. The van der Waals surface area contributed by atoms with Crippen molar-refractivity contribution in [1.82, 2.24) is 14.8 Å². The van der Waals surface area contributed by atoms with Gasteiger partial charge in [0.2, 0.25) is 11.7 Å². The number of nitrogens with two attached hydrogens (primary N) is 1. The molecule has 17 heavy (non-hydrogen) atoms. The quantitative estimate of drug-likeness (QED) is 0.238. The monoisotopic (exact) mass is 239 g/mol. The molecule has 0 saturated carbocycles. The summed E-state index contributed by atoms with van der Waals surface area (Å²) in [5.74, 6) is 0.227. The number of hydrogen-bond donors (Lipinski definition) is 2. The Balaban J connectivity index is 2.21. The standard InChI is InChI=1S/C11H21N5O/c1-2-3-4-5-6-7-8-16-9-13-11(14-16)10(12)15-17/h9,17H,2-8H2,1H3,(H2,12,15). The fourth-order valence-electron chi connectivity index (χ4n) is 1.62. The van der Waals surface area contributed by atoms with E-state index in [-0.39, 0.29) is 11.7 Å². The number of oxime groups is 1. The van der Waals surface area contributed by atoms with Crippen molar-refractivity contribution < 1.29 is 5.21 Å². The molecule has 0 amide bonds. The predicted octanol–water partition coefficient (Wildman–Crippen LogP) is 1.73. The van der Waals surface area contributed by atoms with Crippen LogP contribution in [0.5, 0.6) is 0 Å². The lowest BCUT2D eigenvalue weighted by molar-refractivity contribution is 0.318. The first-order valence-electron chi connectivity index (χ1n) is 6.15. The third-order valence-corrected chi connectivity index (χ3v) is 2.61. The van der Waals surface area contributed by atoms with E-state index < -0.39 is 0 Å². The Bertz CT molecular complexity index is 347. The first-order chi connectivity index (χ1) is 8.27. The average molecular weight is 239 g/mol. The van der Waals surface area contributed by atoms with Crippen molar-refractivity contribution in [3.05, 3.63) is 12.2 Å². The summed E-state index contributed by atoms with van der Waals surface area (Å²) in [6, 6.07) is 0. The molecule has 0 atom stereocenters. The van der Waals surface area contributed by atoms with Crippen molar-refractivity contribution in [2.24, 2.45) is 10.9 Å². The number of aromatic nitrogens is 3. The van der Waals surface area contributed by atoms with E-state index in [9.17, 15) is 0 Å². The van der Waals surface area contributed by atoms with Gasteiger partial charge >= 0.3 is 0 Å². The van der Waals surface area contributed by atoms with Gasteiger partial charge in [0.15, 0.2) is 0 Å². The Hall–Kier alpha value is -1.59. The van der Waals surface area contributed by atoms with E-state index in [0.29, 0.717) is 0 Å². The van der Waals surface area contributed by atoms with Gasteiger partial charge in [-0.1, -0.05) is 44.2 Å². The lowest BCUT2D eigenvalue weighted by Crippen LogP contribution is -2.15. The second-order valence-electron chi connectivity index (χ2n) is 4.08. The minimum atomic E-state index is -0.0494. The van der Waals surface area contributed by atoms with Crippen LogP contribution in [0.15, 0.2) is 11.5 Å². The van der Waals surface area contributed by atoms with E-state index in [4.69, 9.17) is 10.9 Å². The lowest BCUT2D eigenvalue weighted by atomic mass is 10.1. The van der Waals surface area contributed by atoms with E-state index in [1.54, 1.807) is 11.0 Å². The SMILES string of the molecule is CCCCCCCCn1cnc(C(N)=NO)n1. The molecule has 0 spiro atoms. The summed E-state index contributed by atoms with van der Waals surface area (Å²) in [4.78, 5) is 3.95. The minimum Gasteiger partial charge on any atom is -0.409 e. The molecule has 3 N–H and O–H groups in total. The van der Waals surface area contributed by atoms with Crippen LogP contribution in [0.25, 0.3) is 0 Å². The summed E-state index contributed by atoms with van der Waals surface area (Å²) in [6.45, 7) is 3.04. The molecule has 1 heterocycles. The zero-order valence-corrected chi connectivity index (χ0v) is 10.3. The summed E-state index contributed by atoms with van der Waals surface area (Å²) in [5.41, 5.74) is 5.38. The summed E-state index contributed by atoms with van der Waals surface area (Å²) in [6.07, 6.45) is 9.07. The average Bonchev–Trinajstić information content (AvgIpc) is 2.81. The van der Waals surface area contributed by atoms with Crippen LogP contribution in [0.1, 0.15) is 51.3 Å². The van der Waals surface area contributed by atoms with Crippen LogP contribution >= 0.6 is 0 Å². The van der Waals surface area contributed by atoms with Crippen LogP contribution in [-0.4, -0.2) is 25.8 Å². The fourth-order valence-corrected chi connectivity index (χ4v) is 1.62. The molecule has 1 rings (SSSR count). The van der Waals surface area contributed by atoms with E-state index in [1.165, 1.54) is 32.1 Å². The molecule has 0 unspecified atom stereocenters.